The van der Waals surface area contributed by atoms with E-state index in [9.17, 15) is 0 Å². The van der Waals surface area contributed by atoms with E-state index >= 15 is 0 Å². The quantitative estimate of drug-likeness (QED) is 0.723. The number of hydrogen-bond donors (Lipinski definition) is 1. The zero-order valence-corrected chi connectivity index (χ0v) is 12.1. The Balaban J connectivity index is 2.28. The van der Waals surface area contributed by atoms with Crippen molar-refractivity contribution in [2.45, 2.75) is 58.5 Å². The van der Waals surface area contributed by atoms with Gasteiger partial charge in [-0.15, -0.1) is 0 Å². The van der Waals surface area contributed by atoms with Gasteiger partial charge in [0.05, 0.1) is 6.61 Å². The fraction of sp³-hybridized carbons (Fsp3) is 1.00. The van der Waals surface area contributed by atoms with E-state index in [1.165, 1.54) is 19.3 Å². The van der Waals surface area contributed by atoms with Gasteiger partial charge < -0.3 is 10.1 Å². The van der Waals surface area contributed by atoms with E-state index in [1.54, 1.807) is 0 Å². The van der Waals surface area contributed by atoms with Crippen molar-refractivity contribution in [2.24, 2.45) is 0 Å². The molecule has 1 atom stereocenters. The normalized spacial score (nSPS) is 25.8. The molecule has 1 unspecified atom stereocenters. The van der Waals surface area contributed by atoms with Crippen molar-refractivity contribution in [1.29, 1.82) is 0 Å². The highest BCUT2D eigenvalue weighted by Gasteiger charge is 2.27. The second-order valence-corrected chi connectivity index (χ2v) is 5.88. The lowest BCUT2D eigenvalue weighted by Gasteiger charge is -2.32. The summed E-state index contributed by atoms with van der Waals surface area (Å²) in [6.07, 6.45) is 3.64. The number of unbranched alkanes of at least 4 members (excludes halogenated alkanes) is 1. The molecule has 1 saturated heterocycles. The molecule has 1 rings (SSSR count). The number of nitrogens with one attached hydrogen (secondary N) is 1. The van der Waals surface area contributed by atoms with E-state index in [0.29, 0.717) is 6.04 Å². The van der Waals surface area contributed by atoms with Gasteiger partial charge in [-0.25, -0.2) is 0 Å². The van der Waals surface area contributed by atoms with Gasteiger partial charge in [-0.3, -0.25) is 4.90 Å². The summed E-state index contributed by atoms with van der Waals surface area (Å²) < 4.78 is 5.67. The first-order valence-electron chi connectivity index (χ1n) is 7.12. The molecular formula is C14H30N2O. The van der Waals surface area contributed by atoms with Crippen LogP contribution in [-0.4, -0.2) is 49.3 Å². The average Bonchev–Trinajstić information content (AvgIpc) is 2.38. The van der Waals surface area contributed by atoms with E-state index in [1.807, 2.05) is 0 Å². The van der Waals surface area contributed by atoms with Gasteiger partial charge in [-0.1, -0.05) is 13.3 Å². The topological polar surface area (TPSA) is 24.5 Å². The van der Waals surface area contributed by atoms with Crippen molar-refractivity contribution in [2.75, 3.05) is 32.8 Å². The SMILES string of the molecule is CCCCOCCN1CC(C)(C)NCCC1C. The number of hydrogen-bond acceptors (Lipinski definition) is 3. The van der Waals surface area contributed by atoms with E-state index in [4.69, 9.17) is 4.74 Å². The number of nitrogens with zero attached hydrogens (tertiary/aromatic N) is 1. The first kappa shape index (κ1) is 14.9. The van der Waals surface area contributed by atoms with E-state index < -0.39 is 0 Å². The third-order valence-electron chi connectivity index (χ3n) is 3.55. The molecule has 1 aliphatic heterocycles. The molecule has 0 aromatic carbocycles. The Bertz CT molecular complexity index is 206. The van der Waals surface area contributed by atoms with Crippen molar-refractivity contribution in [3.05, 3.63) is 0 Å². The van der Waals surface area contributed by atoms with Gasteiger partial charge in [-0.2, -0.15) is 0 Å². The van der Waals surface area contributed by atoms with E-state index in [2.05, 4.69) is 37.9 Å². The first-order chi connectivity index (χ1) is 8.05. The molecule has 0 aromatic rings. The van der Waals surface area contributed by atoms with Crippen molar-refractivity contribution in [3.63, 3.8) is 0 Å². The standard InChI is InChI=1S/C14H30N2O/c1-5-6-10-17-11-9-16-12-14(3,4)15-8-7-13(16)2/h13,15H,5-12H2,1-4H3. The molecule has 0 radical (unpaired) electrons. The van der Waals surface area contributed by atoms with Gasteiger partial charge >= 0.3 is 0 Å². The van der Waals surface area contributed by atoms with Crippen molar-refractivity contribution in [3.8, 4) is 0 Å². The maximum atomic E-state index is 5.67. The van der Waals surface area contributed by atoms with Crippen LogP contribution in [-0.2, 0) is 4.74 Å². The summed E-state index contributed by atoms with van der Waals surface area (Å²) in [6.45, 7) is 14.2. The van der Waals surface area contributed by atoms with Crippen LogP contribution in [0.1, 0.15) is 47.0 Å². The van der Waals surface area contributed by atoms with Gasteiger partial charge in [-0.05, 0) is 40.2 Å². The Morgan fingerprint density at radius 2 is 2.12 bits per heavy atom. The molecule has 102 valence electrons. The fourth-order valence-corrected chi connectivity index (χ4v) is 2.35. The van der Waals surface area contributed by atoms with Gasteiger partial charge in [0.25, 0.3) is 0 Å². The molecule has 1 heterocycles. The highest BCUT2D eigenvalue weighted by atomic mass is 16.5. The number of ether oxygens (including phenoxy) is 1. The predicted octanol–water partition coefficient (Wildman–Crippen LogP) is 2.27. The molecule has 3 nitrogen and oxygen atoms in total. The summed E-state index contributed by atoms with van der Waals surface area (Å²) in [4.78, 5) is 2.56. The van der Waals surface area contributed by atoms with Gasteiger partial charge in [0, 0.05) is 31.3 Å². The lowest BCUT2D eigenvalue weighted by Crippen LogP contribution is -2.48. The third-order valence-corrected chi connectivity index (χ3v) is 3.55. The van der Waals surface area contributed by atoms with Crippen LogP contribution in [0, 0.1) is 0 Å². The second kappa shape index (κ2) is 7.34. The van der Waals surface area contributed by atoms with Crippen molar-refractivity contribution >= 4 is 0 Å². The molecular weight excluding hydrogens is 212 g/mol. The van der Waals surface area contributed by atoms with Crippen LogP contribution in [0.15, 0.2) is 0 Å². The van der Waals surface area contributed by atoms with Crippen LogP contribution in [0.5, 0.6) is 0 Å². The van der Waals surface area contributed by atoms with Crippen LogP contribution < -0.4 is 5.32 Å². The molecule has 1 N–H and O–H groups in total. The third kappa shape index (κ3) is 5.84. The molecule has 0 aromatic heterocycles. The Labute approximate surface area is 107 Å². The molecule has 0 aliphatic carbocycles. The highest BCUT2D eigenvalue weighted by molar-refractivity contribution is 4.87. The number of rotatable bonds is 6. The van der Waals surface area contributed by atoms with Crippen LogP contribution >= 0.6 is 0 Å². The lowest BCUT2D eigenvalue weighted by molar-refractivity contribution is 0.0820. The van der Waals surface area contributed by atoms with Gasteiger partial charge in [0.2, 0.25) is 0 Å². The molecule has 0 amide bonds. The Kier molecular flexibility index (Phi) is 6.45. The highest BCUT2D eigenvalue weighted by Crippen LogP contribution is 2.15. The minimum absolute atomic E-state index is 0.230. The van der Waals surface area contributed by atoms with E-state index in [-0.39, 0.29) is 5.54 Å². The van der Waals surface area contributed by atoms with Crippen LogP contribution in [0.2, 0.25) is 0 Å². The zero-order chi connectivity index (χ0) is 12.7. The first-order valence-corrected chi connectivity index (χ1v) is 7.12. The predicted molar refractivity (Wildman–Crippen MR) is 73.5 cm³/mol. The van der Waals surface area contributed by atoms with Gasteiger partial charge in [0.1, 0.15) is 0 Å². The Morgan fingerprint density at radius 3 is 2.82 bits per heavy atom. The average molecular weight is 242 g/mol. The Hall–Kier alpha value is -0.120. The summed E-state index contributed by atoms with van der Waals surface area (Å²) in [5, 5.41) is 3.61. The molecule has 1 fully saturated rings. The maximum absolute atomic E-state index is 5.67. The molecule has 0 saturated carbocycles. The van der Waals surface area contributed by atoms with E-state index in [0.717, 1.165) is 32.8 Å². The summed E-state index contributed by atoms with van der Waals surface area (Å²) in [5.41, 5.74) is 0.230. The smallest absolute Gasteiger partial charge is 0.0593 e. The van der Waals surface area contributed by atoms with Crippen LogP contribution in [0.25, 0.3) is 0 Å². The van der Waals surface area contributed by atoms with Crippen molar-refractivity contribution < 1.29 is 4.74 Å². The summed E-state index contributed by atoms with van der Waals surface area (Å²) >= 11 is 0. The Morgan fingerprint density at radius 1 is 1.35 bits per heavy atom. The largest absolute Gasteiger partial charge is 0.380 e. The minimum Gasteiger partial charge on any atom is -0.380 e. The maximum Gasteiger partial charge on any atom is 0.0593 e. The summed E-state index contributed by atoms with van der Waals surface area (Å²) in [5.74, 6) is 0. The summed E-state index contributed by atoms with van der Waals surface area (Å²) in [7, 11) is 0. The molecule has 0 bridgehead atoms. The fourth-order valence-electron chi connectivity index (χ4n) is 2.35. The molecule has 3 heteroatoms. The van der Waals surface area contributed by atoms with Crippen molar-refractivity contribution in [1.82, 2.24) is 10.2 Å². The minimum atomic E-state index is 0.230. The monoisotopic (exact) mass is 242 g/mol. The van der Waals surface area contributed by atoms with Crippen LogP contribution in [0.4, 0.5) is 0 Å². The lowest BCUT2D eigenvalue weighted by atomic mass is 10.1. The zero-order valence-electron chi connectivity index (χ0n) is 12.1. The molecule has 17 heavy (non-hydrogen) atoms. The molecule has 0 spiro atoms. The van der Waals surface area contributed by atoms with Gasteiger partial charge in [0.15, 0.2) is 0 Å². The molecule has 1 aliphatic rings. The van der Waals surface area contributed by atoms with Crippen LogP contribution in [0.3, 0.4) is 0 Å². The summed E-state index contributed by atoms with van der Waals surface area (Å²) in [6, 6.07) is 0.666. The second-order valence-electron chi connectivity index (χ2n) is 5.88.